The summed E-state index contributed by atoms with van der Waals surface area (Å²) >= 11 is 5.04. The summed E-state index contributed by atoms with van der Waals surface area (Å²) in [6.45, 7) is 4.16. The van der Waals surface area contributed by atoms with Crippen LogP contribution in [-0.4, -0.2) is 19.9 Å². The molecule has 0 saturated carbocycles. The van der Waals surface area contributed by atoms with E-state index in [0.717, 1.165) is 9.37 Å². The molecule has 0 aliphatic rings. The molecule has 0 fully saturated rings. The van der Waals surface area contributed by atoms with Gasteiger partial charge in [-0.25, -0.2) is 15.0 Å². The van der Waals surface area contributed by atoms with Crippen molar-refractivity contribution in [1.82, 2.24) is 19.9 Å². The zero-order valence-corrected chi connectivity index (χ0v) is 13.3. The first-order valence-electron chi connectivity index (χ1n) is 5.96. The van der Waals surface area contributed by atoms with Gasteiger partial charge in [0.1, 0.15) is 5.52 Å². The number of hydrogen-bond donors (Lipinski definition) is 2. The Labute approximate surface area is 128 Å². The molecule has 7 heteroatoms. The minimum absolute atomic E-state index is 0.412. The van der Waals surface area contributed by atoms with Gasteiger partial charge in [0.15, 0.2) is 16.6 Å². The number of anilines is 1. The minimum atomic E-state index is 0.412. The normalized spacial score (nSPS) is 11.2. The standard InChI is InChI=1S/C13H12BrN5S/c1-6-3-8(14)9(4-7(6)2)20-13-18-11(15)10-12(19-13)17-5-16-10/h3-5H,1-2H3,(H3,15,16,17,18,19). The first kappa shape index (κ1) is 13.4. The highest BCUT2D eigenvalue weighted by Crippen LogP contribution is 2.34. The van der Waals surface area contributed by atoms with Crippen LogP contribution >= 0.6 is 27.7 Å². The number of nitrogens with zero attached hydrogens (tertiary/aromatic N) is 3. The highest BCUT2D eigenvalue weighted by Gasteiger charge is 2.11. The van der Waals surface area contributed by atoms with Gasteiger partial charge in [0.05, 0.1) is 6.33 Å². The molecule has 3 rings (SSSR count). The number of imidazole rings is 1. The quantitative estimate of drug-likeness (QED) is 0.692. The van der Waals surface area contributed by atoms with Crippen molar-refractivity contribution in [3.05, 3.63) is 34.1 Å². The summed E-state index contributed by atoms with van der Waals surface area (Å²) in [5, 5.41) is 0.589. The maximum Gasteiger partial charge on any atom is 0.196 e. The van der Waals surface area contributed by atoms with Crippen molar-refractivity contribution in [3.8, 4) is 0 Å². The summed E-state index contributed by atoms with van der Waals surface area (Å²) < 4.78 is 1.02. The number of aromatic nitrogens is 4. The molecule has 0 aliphatic carbocycles. The second-order valence-corrected chi connectivity index (χ2v) is 6.32. The molecule has 1 aromatic carbocycles. The lowest BCUT2D eigenvalue weighted by Crippen LogP contribution is -1.96. The molecule has 20 heavy (non-hydrogen) atoms. The summed E-state index contributed by atoms with van der Waals surface area (Å²) in [6, 6.07) is 4.20. The number of nitrogen functional groups attached to an aromatic ring is 1. The maximum absolute atomic E-state index is 5.90. The average Bonchev–Trinajstić information content (AvgIpc) is 2.85. The number of fused-ring (bicyclic) bond motifs is 1. The van der Waals surface area contributed by atoms with Crippen LogP contribution in [0.1, 0.15) is 11.1 Å². The van der Waals surface area contributed by atoms with Crippen molar-refractivity contribution in [1.29, 1.82) is 0 Å². The van der Waals surface area contributed by atoms with E-state index in [1.54, 1.807) is 6.33 Å². The summed E-state index contributed by atoms with van der Waals surface area (Å²) in [5.74, 6) is 0.412. The van der Waals surface area contributed by atoms with Crippen LogP contribution in [0.5, 0.6) is 0 Å². The fourth-order valence-electron chi connectivity index (χ4n) is 1.81. The number of halogens is 1. The van der Waals surface area contributed by atoms with Gasteiger partial charge in [-0.1, -0.05) is 0 Å². The zero-order valence-electron chi connectivity index (χ0n) is 10.9. The van der Waals surface area contributed by atoms with E-state index >= 15 is 0 Å². The fraction of sp³-hybridized carbons (Fsp3) is 0.154. The Bertz CT molecular complexity index is 799. The van der Waals surface area contributed by atoms with Crippen molar-refractivity contribution in [2.45, 2.75) is 23.9 Å². The molecule has 0 bridgehead atoms. The van der Waals surface area contributed by atoms with Gasteiger partial charge in [-0.05, 0) is 64.8 Å². The molecule has 0 spiro atoms. The van der Waals surface area contributed by atoms with E-state index < -0.39 is 0 Å². The van der Waals surface area contributed by atoms with E-state index in [2.05, 4.69) is 61.8 Å². The molecule has 0 amide bonds. The van der Waals surface area contributed by atoms with E-state index in [-0.39, 0.29) is 0 Å². The number of hydrogen-bond acceptors (Lipinski definition) is 5. The molecule has 5 nitrogen and oxygen atoms in total. The average molecular weight is 350 g/mol. The van der Waals surface area contributed by atoms with Crippen LogP contribution in [-0.2, 0) is 0 Å². The summed E-state index contributed by atoms with van der Waals surface area (Å²) in [5.41, 5.74) is 9.62. The smallest absolute Gasteiger partial charge is 0.196 e. The lowest BCUT2D eigenvalue weighted by Gasteiger charge is -2.07. The van der Waals surface area contributed by atoms with E-state index in [1.807, 2.05) is 0 Å². The summed E-state index contributed by atoms with van der Waals surface area (Å²) in [4.78, 5) is 16.8. The largest absolute Gasteiger partial charge is 0.382 e. The van der Waals surface area contributed by atoms with Crippen LogP contribution in [0.3, 0.4) is 0 Å². The van der Waals surface area contributed by atoms with Crippen molar-refractivity contribution < 1.29 is 0 Å². The Kier molecular flexibility index (Phi) is 3.39. The second kappa shape index (κ2) is 5.06. The van der Waals surface area contributed by atoms with Gasteiger partial charge in [-0.15, -0.1) is 0 Å². The van der Waals surface area contributed by atoms with Crippen LogP contribution in [0.15, 0.2) is 33.0 Å². The zero-order chi connectivity index (χ0) is 14.3. The third-order valence-electron chi connectivity index (χ3n) is 3.04. The third-order valence-corrected chi connectivity index (χ3v) is 4.88. The Balaban J connectivity index is 2.02. The molecule has 0 aliphatic heterocycles. The molecular weight excluding hydrogens is 338 g/mol. The van der Waals surface area contributed by atoms with E-state index in [9.17, 15) is 0 Å². The van der Waals surface area contributed by atoms with Crippen molar-refractivity contribution in [2.75, 3.05) is 5.73 Å². The number of H-pyrrole nitrogens is 1. The monoisotopic (exact) mass is 349 g/mol. The van der Waals surface area contributed by atoms with Crippen molar-refractivity contribution in [3.63, 3.8) is 0 Å². The number of nitrogens with one attached hydrogen (secondary N) is 1. The van der Waals surface area contributed by atoms with E-state index in [4.69, 9.17) is 5.73 Å². The number of benzene rings is 1. The molecule has 2 heterocycles. The summed E-state index contributed by atoms with van der Waals surface area (Å²) in [6.07, 6.45) is 1.57. The van der Waals surface area contributed by atoms with Crippen LogP contribution in [0.25, 0.3) is 11.2 Å². The molecule has 3 aromatic rings. The minimum Gasteiger partial charge on any atom is -0.382 e. The van der Waals surface area contributed by atoms with Gasteiger partial charge in [-0.3, -0.25) is 0 Å². The Morgan fingerprint density at radius 1 is 1.20 bits per heavy atom. The molecule has 0 unspecified atom stereocenters. The first-order valence-corrected chi connectivity index (χ1v) is 7.57. The van der Waals surface area contributed by atoms with Gasteiger partial charge >= 0.3 is 0 Å². The molecule has 2 aromatic heterocycles. The second-order valence-electron chi connectivity index (χ2n) is 4.46. The summed E-state index contributed by atoms with van der Waals surface area (Å²) in [7, 11) is 0. The van der Waals surface area contributed by atoms with Crippen molar-refractivity contribution >= 4 is 44.7 Å². The van der Waals surface area contributed by atoms with Gasteiger partial charge in [0.25, 0.3) is 0 Å². The fourth-order valence-corrected chi connectivity index (χ4v) is 3.38. The Morgan fingerprint density at radius 3 is 2.75 bits per heavy atom. The predicted molar refractivity (Wildman–Crippen MR) is 83.8 cm³/mol. The highest BCUT2D eigenvalue weighted by molar-refractivity contribution is 9.10. The lowest BCUT2D eigenvalue weighted by atomic mass is 10.1. The topological polar surface area (TPSA) is 80.5 Å². The highest BCUT2D eigenvalue weighted by atomic mass is 79.9. The number of rotatable bonds is 2. The molecule has 0 saturated heterocycles. The Hall–Kier alpha value is -1.60. The molecule has 102 valence electrons. The number of aromatic amines is 1. The SMILES string of the molecule is Cc1cc(Br)c(Sc2nc(N)c3[nH]cnc3n2)cc1C. The van der Waals surface area contributed by atoms with Crippen LogP contribution in [0.2, 0.25) is 0 Å². The molecular formula is C13H12BrN5S. The first-order chi connectivity index (χ1) is 9.54. The van der Waals surface area contributed by atoms with Gasteiger partial charge < -0.3 is 10.7 Å². The van der Waals surface area contributed by atoms with E-state index in [1.165, 1.54) is 22.9 Å². The molecule has 3 N–H and O–H groups in total. The van der Waals surface area contributed by atoms with Gasteiger partial charge in [0, 0.05) is 9.37 Å². The predicted octanol–water partition coefficient (Wildman–Crippen LogP) is 3.47. The van der Waals surface area contributed by atoms with Crippen LogP contribution in [0.4, 0.5) is 5.82 Å². The molecule has 0 radical (unpaired) electrons. The number of aryl methyl sites for hydroxylation is 2. The third kappa shape index (κ3) is 2.38. The van der Waals surface area contributed by atoms with Crippen LogP contribution in [0, 0.1) is 13.8 Å². The lowest BCUT2D eigenvalue weighted by molar-refractivity contribution is 1.000. The van der Waals surface area contributed by atoms with Crippen LogP contribution < -0.4 is 5.73 Å². The molecule has 0 atom stereocenters. The van der Waals surface area contributed by atoms with Gasteiger partial charge in [-0.2, -0.15) is 0 Å². The Morgan fingerprint density at radius 2 is 1.95 bits per heavy atom. The van der Waals surface area contributed by atoms with Crippen molar-refractivity contribution in [2.24, 2.45) is 0 Å². The maximum atomic E-state index is 5.90. The number of nitrogens with two attached hydrogens (primary N) is 1. The van der Waals surface area contributed by atoms with Gasteiger partial charge in [0.2, 0.25) is 0 Å². The van der Waals surface area contributed by atoms with E-state index in [0.29, 0.717) is 22.1 Å².